The predicted octanol–water partition coefficient (Wildman–Crippen LogP) is 1.81. The van der Waals surface area contributed by atoms with Crippen LogP contribution in [-0.2, 0) is 21.0 Å². The van der Waals surface area contributed by atoms with Gasteiger partial charge in [0.05, 0.1) is 6.61 Å². The monoisotopic (exact) mass is 321 g/mol. The van der Waals surface area contributed by atoms with Gasteiger partial charge in [0.15, 0.2) is 11.0 Å². The SMILES string of the molecule is O=CNc1nc(Cl)c(NC=O)c(NOCc2ccccc2)n1. The first kappa shape index (κ1) is 15.7. The van der Waals surface area contributed by atoms with Crippen molar-refractivity contribution < 1.29 is 14.4 Å². The van der Waals surface area contributed by atoms with Crippen molar-refractivity contribution in [1.82, 2.24) is 9.97 Å². The smallest absolute Gasteiger partial charge is 0.232 e. The zero-order valence-electron chi connectivity index (χ0n) is 11.2. The van der Waals surface area contributed by atoms with E-state index in [1.54, 1.807) is 0 Å². The van der Waals surface area contributed by atoms with E-state index in [4.69, 9.17) is 16.4 Å². The van der Waals surface area contributed by atoms with Crippen LogP contribution in [0.15, 0.2) is 30.3 Å². The van der Waals surface area contributed by atoms with E-state index in [1.165, 1.54) is 0 Å². The molecule has 0 spiro atoms. The Labute approximate surface area is 130 Å². The van der Waals surface area contributed by atoms with E-state index >= 15 is 0 Å². The minimum absolute atomic E-state index is 0.0257. The minimum Gasteiger partial charge on any atom is -0.323 e. The summed E-state index contributed by atoms with van der Waals surface area (Å²) in [5, 5.41) is 4.59. The Morgan fingerprint density at radius 3 is 2.50 bits per heavy atom. The van der Waals surface area contributed by atoms with Crippen LogP contribution in [0, 0.1) is 0 Å². The second-order valence-electron chi connectivity index (χ2n) is 3.96. The van der Waals surface area contributed by atoms with Gasteiger partial charge in [0.1, 0.15) is 5.69 Å². The molecule has 0 bridgehead atoms. The average Bonchev–Trinajstić information content (AvgIpc) is 2.52. The van der Waals surface area contributed by atoms with Crippen LogP contribution in [0.3, 0.4) is 0 Å². The van der Waals surface area contributed by atoms with Crippen LogP contribution in [0.2, 0.25) is 5.15 Å². The van der Waals surface area contributed by atoms with Gasteiger partial charge in [-0.3, -0.25) is 19.7 Å². The van der Waals surface area contributed by atoms with Crippen molar-refractivity contribution in [2.24, 2.45) is 0 Å². The van der Waals surface area contributed by atoms with E-state index in [9.17, 15) is 9.59 Å². The summed E-state index contributed by atoms with van der Waals surface area (Å²) in [6.07, 6.45) is 0.840. The van der Waals surface area contributed by atoms with Crippen LogP contribution in [0.1, 0.15) is 5.56 Å². The lowest BCUT2D eigenvalue weighted by Gasteiger charge is -2.12. The van der Waals surface area contributed by atoms with Gasteiger partial charge in [0.25, 0.3) is 0 Å². The van der Waals surface area contributed by atoms with Crippen LogP contribution in [0.25, 0.3) is 0 Å². The largest absolute Gasteiger partial charge is 0.323 e. The van der Waals surface area contributed by atoms with Crippen molar-refractivity contribution in [2.75, 3.05) is 16.1 Å². The van der Waals surface area contributed by atoms with Gasteiger partial charge in [-0.1, -0.05) is 41.9 Å². The molecular formula is C13H12ClN5O3. The molecule has 0 unspecified atom stereocenters. The first-order valence-electron chi connectivity index (χ1n) is 6.14. The van der Waals surface area contributed by atoms with Gasteiger partial charge in [-0.05, 0) is 5.56 Å². The van der Waals surface area contributed by atoms with Gasteiger partial charge >= 0.3 is 0 Å². The molecule has 0 saturated heterocycles. The predicted molar refractivity (Wildman–Crippen MR) is 81.3 cm³/mol. The molecule has 2 rings (SSSR count). The second kappa shape index (κ2) is 7.91. The fraction of sp³-hybridized carbons (Fsp3) is 0.0769. The molecule has 3 N–H and O–H groups in total. The lowest BCUT2D eigenvalue weighted by atomic mass is 10.2. The highest BCUT2D eigenvalue weighted by atomic mass is 35.5. The van der Waals surface area contributed by atoms with E-state index in [0.29, 0.717) is 12.8 Å². The molecule has 0 aliphatic rings. The number of nitrogens with zero attached hydrogens (tertiary/aromatic N) is 2. The third kappa shape index (κ3) is 4.14. The Balaban J connectivity index is 2.12. The van der Waals surface area contributed by atoms with Crippen LogP contribution in [-0.4, -0.2) is 22.8 Å². The average molecular weight is 322 g/mol. The van der Waals surface area contributed by atoms with Crippen LogP contribution < -0.4 is 16.1 Å². The molecule has 0 fully saturated rings. The number of amides is 2. The van der Waals surface area contributed by atoms with Gasteiger partial charge in [0, 0.05) is 0 Å². The lowest BCUT2D eigenvalue weighted by molar-refractivity contribution is -0.106. The molecule has 2 amide bonds. The number of rotatable bonds is 8. The van der Waals surface area contributed by atoms with Crippen LogP contribution in [0.4, 0.5) is 17.5 Å². The molecule has 8 nitrogen and oxygen atoms in total. The van der Waals surface area contributed by atoms with Gasteiger partial charge in [0.2, 0.25) is 18.8 Å². The number of anilines is 3. The van der Waals surface area contributed by atoms with Crippen molar-refractivity contribution in [2.45, 2.75) is 6.61 Å². The standard InChI is InChI=1S/C13H12ClN5O3/c14-11-10(15-7-20)12(18-13(17-11)16-8-21)19-22-6-9-4-2-1-3-5-9/h1-5,7-8H,6H2,(H,15,20)(H2,16,17,18,19,21). The van der Waals surface area contributed by atoms with Gasteiger partial charge < -0.3 is 5.32 Å². The number of hydrogen-bond donors (Lipinski definition) is 3. The number of aromatic nitrogens is 2. The molecule has 0 radical (unpaired) electrons. The number of hydrogen-bond acceptors (Lipinski definition) is 6. The quantitative estimate of drug-likeness (QED) is 0.389. The number of halogens is 1. The van der Waals surface area contributed by atoms with Crippen molar-refractivity contribution in [3.8, 4) is 0 Å². The maximum Gasteiger partial charge on any atom is 0.232 e. The summed E-state index contributed by atoms with van der Waals surface area (Å²) in [6.45, 7) is 0.263. The Bertz CT molecular complexity index is 654. The highest BCUT2D eigenvalue weighted by Crippen LogP contribution is 2.28. The number of benzene rings is 1. The summed E-state index contributed by atoms with van der Waals surface area (Å²) in [5.74, 6) is 0.0923. The third-order valence-corrected chi connectivity index (χ3v) is 2.78. The molecular weight excluding hydrogens is 310 g/mol. The van der Waals surface area contributed by atoms with E-state index in [-0.39, 0.29) is 29.2 Å². The van der Waals surface area contributed by atoms with Crippen molar-refractivity contribution in [3.63, 3.8) is 0 Å². The highest BCUT2D eigenvalue weighted by Gasteiger charge is 2.13. The molecule has 22 heavy (non-hydrogen) atoms. The highest BCUT2D eigenvalue weighted by molar-refractivity contribution is 6.33. The molecule has 9 heteroatoms. The molecule has 0 saturated carbocycles. The Kier molecular flexibility index (Phi) is 5.64. The first-order valence-corrected chi connectivity index (χ1v) is 6.52. The summed E-state index contributed by atoms with van der Waals surface area (Å²) in [5.41, 5.74) is 3.65. The van der Waals surface area contributed by atoms with Gasteiger partial charge in [-0.25, -0.2) is 5.48 Å². The Morgan fingerprint density at radius 2 is 1.82 bits per heavy atom. The summed E-state index contributed by atoms with van der Waals surface area (Å²) >= 11 is 5.92. The zero-order chi connectivity index (χ0) is 15.8. The molecule has 1 aromatic heterocycles. The van der Waals surface area contributed by atoms with Gasteiger partial charge in [-0.15, -0.1) is 0 Å². The Morgan fingerprint density at radius 1 is 1.09 bits per heavy atom. The number of nitrogens with one attached hydrogen (secondary N) is 3. The molecule has 0 atom stereocenters. The van der Waals surface area contributed by atoms with E-state index in [2.05, 4.69) is 26.1 Å². The van der Waals surface area contributed by atoms with Crippen molar-refractivity contribution >= 4 is 41.9 Å². The van der Waals surface area contributed by atoms with Crippen molar-refractivity contribution in [1.29, 1.82) is 0 Å². The second-order valence-corrected chi connectivity index (χ2v) is 4.32. The summed E-state index contributed by atoms with van der Waals surface area (Å²) in [7, 11) is 0. The van der Waals surface area contributed by atoms with E-state index in [1.807, 2.05) is 30.3 Å². The molecule has 0 aliphatic heterocycles. The maximum atomic E-state index is 10.6. The molecule has 1 aromatic carbocycles. The molecule has 2 aromatic rings. The number of carbonyl (C=O) groups excluding carboxylic acids is 2. The molecule has 114 valence electrons. The number of carbonyl (C=O) groups is 2. The summed E-state index contributed by atoms with van der Waals surface area (Å²) in [6, 6.07) is 9.43. The third-order valence-electron chi connectivity index (χ3n) is 2.51. The fourth-order valence-electron chi connectivity index (χ4n) is 1.57. The van der Waals surface area contributed by atoms with Crippen LogP contribution >= 0.6 is 11.6 Å². The summed E-state index contributed by atoms with van der Waals surface area (Å²) in [4.78, 5) is 34.2. The van der Waals surface area contributed by atoms with E-state index in [0.717, 1.165) is 5.56 Å². The van der Waals surface area contributed by atoms with Crippen LogP contribution in [0.5, 0.6) is 0 Å². The molecule has 1 heterocycles. The Hall–Kier alpha value is -2.71. The topological polar surface area (TPSA) is 105 Å². The first-order chi connectivity index (χ1) is 10.7. The lowest BCUT2D eigenvalue weighted by Crippen LogP contribution is -2.11. The summed E-state index contributed by atoms with van der Waals surface area (Å²) < 4.78 is 0. The minimum atomic E-state index is -0.0442. The van der Waals surface area contributed by atoms with Gasteiger partial charge in [-0.2, -0.15) is 9.97 Å². The molecule has 0 aliphatic carbocycles. The fourth-order valence-corrected chi connectivity index (χ4v) is 1.80. The van der Waals surface area contributed by atoms with Crippen molar-refractivity contribution in [3.05, 3.63) is 41.0 Å². The maximum absolute atomic E-state index is 10.6. The normalized spacial score (nSPS) is 9.86. The zero-order valence-corrected chi connectivity index (χ0v) is 12.0. The van der Waals surface area contributed by atoms with E-state index < -0.39 is 0 Å².